The van der Waals surface area contributed by atoms with Gasteiger partial charge in [-0.3, -0.25) is 9.59 Å². The first kappa shape index (κ1) is 19.2. The van der Waals surface area contributed by atoms with E-state index in [1.807, 2.05) is 0 Å². The van der Waals surface area contributed by atoms with Crippen LogP contribution in [-0.2, 0) is 19.1 Å². The number of likely N-dealkylation sites (tertiary alicyclic amines) is 1. The summed E-state index contributed by atoms with van der Waals surface area (Å²) in [5, 5.41) is 0. The van der Waals surface area contributed by atoms with Crippen LogP contribution in [0.15, 0.2) is 22.7 Å². The average Bonchev–Trinajstić information content (AvgIpc) is 2.65. The maximum Gasteiger partial charge on any atom is 0.339 e. The molecule has 136 valence electrons. The van der Waals surface area contributed by atoms with Crippen LogP contribution >= 0.6 is 15.9 Å². The van der Waals surface area contributed by atoms with Crippen LogP contribution in [0.3, 0.4) is 0 Å². The van der Waals surface area contributed by atoms with Crippen LogP contribution in [0.2, 0.25) is 0 Å². The van der Waals surface area contributed by atoms with Gasteiger partial charge in [-0.25, -0.2) is 4.79 Å². The zero-order valence-corrected chi connectivity index (χ0v) is 15.7. The van der Waals surface area contributed by atoms with Crippen LogP contribution in [0.1, 0.15) is 23.2 Å². The van der Waals surface area contributed by atoms with Crippen molar-refractivity contribution in [1.29, 1.82) is 0 Å². The van der Waals surface area contributed by atoms with Gasteiger partial charge in [-0.1, -0.05) is 0 Å². The van der Waals surface area contributed by atoms with Gasteiger partial charge < -0.3 is 19.1 Å². The molecule has 25 heavy (non-hydrogen) atoms. The predicted molar refractivity (Wildman–Crippen MR) is 92.3 cm³/mol. The predicted octanol–water partition coefficient (Wildman–Crippen LogP) is 2.03. The van der Waals surface area contributed by atoms with Crippen LogP contribution in [0.5, 0.6) is 5.75 Å². The molecule has 0 radical (unpaired) electrons. The second kappa shape index (κ2) is 8.84. The molecule has 0 N–H and O–H groups in total. The van der Waals surface area contributed by atoms with Gasteiger partial charge in [0.1, 0.15) is 5.75 Å². The average molecular weight is 414 g/mol. The lowest BCUT2D eigenvalue weighted by atomic mass is 9.97. The number of nitrogens with zero attached hydrogens (tertiary/aromatic N) is 1. The second-order valence-corrected chi connectivity index (χ2v) is 6.45. The van der Waals surface area contributed by atoms with Crippen molar-refractivity contribution < 1.29 is 28.6 Å². The summed E-state index contributed by atoms with van der Waals surface area (Å²) >= 11 is 3.28. The molecule has 1 amide bonds. The van der Waals surface area contributed by atoms with Gasteiger partial charge in [0.15, 0.2) is 6.61 Å². The molecule has 0 saturated carbocycles. The molecule has 0 bridgehead atoms. The van der Waals surface area contributed by atoms with E-state index >= 15 is 0 Å². The largest absolute Gasteiger partial charge is 0.497 e. The van der Waals surface area contributed by atoms with Crippen LogP contribution in [-0.4, -0.2) is 56.7 Å². The highest BCUT2D eigenvalue weighted by Gasteiger charge is 2.28. The molecule has 1 heterocycles. The third-order valence-corrected chi connectivity index (χ3v) is 4.79. The lowest BCUT2D eigenvalue weighted by Crippen LogP contribution is -2.42. The lowest BCUT2D eigenvalue weighted by Gasteiger charge is -2.30. The number of methoxy groups -OCH3 is 2. The fraction of sp³-hybridized carbons (Fsp3) is 0.471. The Morgan fingerprint density at radius 3 is 2.48 bits per heavy atom. The van der Waals surface area contributed by atoms with E-state index in [1.165, 1.54) is 14.2 Å². The molecule has 0 aromatic heterocycles. The Hall–Kier alpha value is -2.09. The van der Waals surface area contributed by atoms with Crippen LogP contribution in [0.4, 0.5) is 0 Å². The van der Waals surface area contributed by atoms with E-state index in [1.54, 1.807) is 23.1 Å². The summed E-state index contributed by atoms with van der Waals surface area (Å²) in [6.45, 7) is 0.545. The Morgan fingerprint density at radius 2 is 1.88 bits per heavy atom. The highest BCUT2D eigenvalue weighted by molar-refractivity contribution is 9.10. The summed E-state index contributed by atoms with van der Waals surface area (Å²) in [6.07, 6.45) is 1.10. The van der Waals surface area contributed by atoms with E-state index < -0.39 is 5.97 Å². The molecule has 1 aromatic rings. The number of piperidine rings is 1. The van der Waals surface area contributed by atoms with Crippen molar-refractivity contribution in [3.63, 3.8) is 0 Å². The monoisotopic (exact) mass is 413 g/mol. The Balaban J connectivity index is 1.86. The Morgan fingerprint density at radius 1 is 1.20 bits per heavy atom. The molecule has 1 aliphatic heterocycles. The Labute approximate surface area is 154 Å². The molecule has 0 atom stereocenters. The third kappa shape index (κ3) is 4.94. The zero-order valence-electron chi connectivity index (χ0n) is 14.1. The highest BCUT2D eigenvalue weighted by atomic mass is 79.9. The number of ether oxygens (including phenoxy) is 3. The van der Waals surface area contributed by atoms with Gasteiger partial charge in [0.25, 0.3) is 5.91 Å². The number of benzene rings is 1. The summed E-state index contributed by atoms with van der Waals surface area (Å²) in [6, 6.07) is 4.92. The lowest BCUT2D eigenvalue weighted by molar-refractivity contribution is -0.149. The molecule has 2 rings (SSSR count). The first-order valence-corrected chi connectivity index (χ1v) is 8.61. The fourth-order valence-electron chi connectivity index (χ4n) is 2.62. The minimum absolute atomic E-state index is 0.177. The van der Waals surface area contributed by atoms with E-state index in [4.69, 9.17) is 14.2 Å². The van der Waals surface area contributed by atoms with Crippen molar-refractivity contribution in [2.24, 2.45) is 5.92 Å². The van der Waals surface area contributed by atoms with Gasteiger partial charge >= 0.3 is 11.9 Å². The van der Waals surface area contributed by atoms with Crippen LogP contribution in [0, 0.1) is 5.92 Å². The van der Waals surface area contributed by atoms with Crippen molar-refractivity contribution in [2.45, 2.75) is 12.8 Å². The topological polar surface area (TPSA) is 82.1 Å². The van der Waals surface area contributed by atoms with Crippen molar-refractivity contribution in [3.05, 3.63) is 28.2 Å². The SMILES string of the molecule is COC(=O)C1CCN(C(=O)COC(=O)c2cc(OC)ccc2Br)CC1. The van der Waals surface area contributed by atoms with Crippen molar-refractivity contribution in [2.75, 3.05) is 33.9 Å². The Kier molecular flexibility index (Phi) is 6.81. The maximum absolute atomic E-state index is 12.2. The van der Waals surface area contributed by atoms with Crippen molar-refractivity contribution >= 4 is 33.8 Å². The molecule has 1 saturated heterocycles. The summed E-state index contributed by atoms with van der Waals surface area (Å²) in [4.78, 5) is 37.4. The zero-order chi connectivity index (χ0) is 18.4. The Bertz CT molecular complexity index is 655. The summed E-state index contributed by atoms with van der Waals surface area (Å²) in [5.74, 6) is -0.795. The molecule has 1 aliphatic rings. The van der Waals surface area contributed by atoms with Gasteiger partial charge in [-0.15, -0.1) is 0 Å². The molecule has 0 spiro atoms. The molecule has 0 aliphatic carbocycles. The highest BCUT2D eigenvalue weighted by Crippen LogP contribution is 2.23. The van der Waals surface area contributed by atoms with Crippen molar-refractivity contribution in [1.82, 2.24) is 4.90 Å². The number of halogens is 1. The summed E-state index contributed by atoms with van der Waals surface area (Å²) in [5.41, 5.74) is 0.288. The van der Waals surface area contributed by atoms with E-state index in [2.05, 4.69) is 15.9 Å². The van der Waals surface area contributed by atoms with Crippen LogP contribution < -0.4 is 4.74 Å². The minimum atomic E-state index is -0.608. The summed E-state index contributed by atoms with van der Waals surface area (Å²) < 4.78 is 15.5. The number of carbonyl (C=O) groups excluding carboxylic acids is 3. The smallest absolute Gasteiger partial charge is 0.339 e. The molecule has 1 fully saturated rings. The third-order valence-electron chi connectivity index (χ3n) is 4.10. The molecule has 0 unspecified atom stereocenters. The molecular formula is C17H20BrNO6. The standard InChI is InChI=1S/C17H20BrNO6/c1-23-12-3-4-14(18)13(9-12)17(22)25-10-15(20)19-7-5-11(6-8-19)16(21)24-2/h3-4,9,11H,5-8,10H2,1-2H3. The minimum Gasteiger partial charge on any atom is -0.497 e. The fourth-order valence-corrected chi connectivity index (χ4v) is 3.02. The number of hydrogen-bond acceptors (Lipinski definition) is 6. The van der Waals surface area contributed by atoms with Crippen molar-refractivity contribution in [3.8, 4) is 5.75 Å². The van der Waals surface area contributed by atoms with E-state index in [9.17, 15) is 14.4 Å². The number of rotatable bonds is 5. The quantitative estimate of drug-likeness (QED) is 0.686. The molecule has 7 nitrogen and oxygen atoms in total. The van der Waals surface area contributed by atoms with E-state index in [0.29, 0.717) is 36.2 Å². The number of amides is 1. The summed E-state index contributed by atoms with van der Waals surface area (Å²) in [7, 11) is 2.86. The van der Waals surface area contributed by atoms with Gasteiger partial charge in [-0.05, 0) is 47.0 Å². The normalized spacial score (nSPS) is 14.8. The molecule has 1 aromatic carbocycles. The van der Waals surface area contributed by atoms with Crippen LogP contribution in [0.25, 0.3) is 0 Å². The van der Waals surface area contributed by atoms with E-state index in [-0.39, 0.29) is 30.0 Å². The molecule has 8 heteroatoms. The number of hydrogen-bond donors (Lipinski definition) is 0. The number of esters is 2. The van der Waals surface area contributed by atoms with Gasteiger partial charge in [0.05, 0.1) is 25.7 Å². The second-order valence-electron chi connectivity index (χ2n) is 5.60. The van der Waals surface area contributed by atoms with Gasteiger partial charge in [0.2, 0.25) is 0 Å². The first-order valence-electron chi connectivity index (χ1n) is 7.82. The number of carbonyl (C=O) groups is 3. The molecular weight excluding hydrogens is 394 g/mol. The maximum atomic E-state index is 12.2. The van der Waals surface area contributed by atoms with E-state index in [0.717, 1.165) is 0 Å². The van der Waals surface area contributed by atoms with Gasteiger partial charge in [0, 0.05) is 17.6 Å². The van der Waals surface area contributed by atoms with Gasteiger partial charge in [-0.2, -0.15) is 0 Å². The first-order chi connectivity index (χ1) is 12.0.